The highest BCUT2D eigenvalue weighted by atomic mass is 32.2. The van der Waals surface area contributed by atoms with E-state index in [0.29, 0.717) is 30.1 Å². The molecule has 0 aromatic carbocycles. The molecule has 1 amide bonds. The molecule has 1 aromatic heterocycles. The van der Waals surface area contributed by atoms with Crippen LogP contribution in [0.25, 0.3) is 0 Å². The molecule has 2 aliphatic rings. The molecule has 2 aliphatic heterocycles. The van der Waals surface area contributed by atoms with Crippen molar-refractivity contribution in [2.24, 2.45) is 5.92 Å². The van der Waals surface area contributed by atoms with Gasteiger partial charge in [-0.1, -0.05) is 6.07 Å². The third kappa shape index (κ3) is 4.81. The van der Waals surface area contributed by atoms with Crippen LogP contribution in [0.5, 0.6) is 0 Å². The molecule has 0 bridgehead atoms. The molecule has 0 unspecified atom stereocenters. The summed E-state index contributed by atoms with van der Waals surface area (Å²) < 4.78 is 26.9. The van der Waals surface area contributed by atoms with Crippen LogP contribution in [0, 0.1) is 5.92 Å². The Labute approximate surface area is 154 Å². The van der Waals surface area contributed by atoms with Gasteiger partial charge in [-0.05, 0) is 24.3 Å². The zero-order chi connectivity index (χ0) is 17.7. The number of nitrogens with zero attached hydrogens (tertiary/aromatic N) is 1. The molecule has 0 aliphatic carbocycles. The molecular formula is C17H28N3O3S2+. The zero-order valence-corrected chi connectivity index (χ0v) is 16.2. The van der Waals surface area contributed by atoms with Gasteiger partial charge in [-0.3, -0.25) is 4.79 Å². The molecule has 6 nitrogen and oxygen atoms in total. The van der Waals surface area contributed by atoms with Gasteiger partial charge in [0.25, 0.3) is 10.0 Å². The maximum atomic E-state index is 12.5. The first-order valence-corrected chi connectivity index (χ1v) is 11.5. The number of amides is 1. The summed E-state index contributed by atoms with van der Waals surface area (Å²) in [6.07, 6.45) is 4.89. The second-order valence-electron chi connectivity index (χ2n) is 6.96. The van der Waals surface area contributed by atoms with Gasteiger partial charge in [0.2, 0.25) is 5.91 Å². The molecule has 3 heterocycles. The fourth-order valence-corrected chi connectivity index (χ4v) is 6.33. The maximum absolute atomic E-state index is 12.5. The molecule has 140 valence electrons. The van der Waals surface area contributed by atoms with Crippen LogP contribution < -0.4 is 10.2 Å². The Hall–Kier alpha value is -0.960. The van der Waals surface area contributed by atoms with Gasteiger partial charge in [0.1, 0.15) is 4.21 Å². The number of sulfonamides is 1. The van der Waals surface area contributed by atoms with Crippen LogP contribution in [0.3, 0.4) is 0 Å². The van der Waals surface area contributed by atoms with Crippen molar-refractivity contribution in [1.82, 2.24) is 9.62 Å². The molecule has 0 radical (unpaired) electrons. The minimum Gasteiger partial charge on any atom is -0.356 e. The molecule has 0 spiro atoms. The van der Waals surface area contributed by atoms with E-state index in [1.165, 1.54) is 41.6 Å². The lowest BCUT2D eigenvalue weighted by Crippen LogP contribution is -3.10. The standard InChI is InChI=1S/C17H27N3O3S2/c21-17(18-8-4-11-19-9-1-2-10-19)15-6-12-20(13-7-15)25(22,23)16-5-3-14-24-16/h3,5,14-15H,1-2,4,6-13H2,(H,18,21)/p+1. The minimum absolute atomic E-state index is 0.0612. The van der Waals surface area contributed by atoms with Gasteiger partial charge < -0.3 is 10.2 Å². The number of piperidine rings is 1. The minimum atomic E-state index is -3.38. The van der Waals surface area contributed by atoms with E-state index >= 15 is 0 Å². The molecule has 0 atom stereocenters. The first-order valence-electron chi connectivity index (χ1n) is 9.22. The van der Waals surface area contributed by atoms with Crippen LogP contribution in [0.4, 0.5) is 0 Å². The molecule has 8 heteroatoms. The molecule has 1 aromatic rings. The second-order valence-corrected chi connectivity index (χ2v) is 10.1. The van der Waals surface area contributed by atoms with E-state index in [4.69, 9.17) is 0 Å². The van der Waals surface area contributed by atoms with Crippen LogP contribution in [0.15, 0.2) is 21.7 Å². The summed E-state index contributed by atoms with van der Waals surface area (Å²) in [5.74, 6) is 0.0264. The quantitative estimate of drug-likeness (QED) is 0.664. The number of carbonyl (C=O) groups is 1. The molecule has 2 saturated heterocycles. The number of hydrogen-bond donors (Lipinski definition) is 2. The van der Waals surface area contributed by atoms with Gasteiger partial charge in [-0.15, -0.1) is 11.3 Å². The van der Waals surface area contributed by atoms with E-state index in [1.807, 2.05) is 0 Å². The average Bonchev–Trinajstić information content (AvgIpc) is 3.32. The number of quaternary nitrogens is 1. The Morgan fingerprint density at radius 1 is 1.28 bits per heavy atom. The van der Waals surface area contributed by atoms with Crippen molar-refractivity contribution < 1.29 is 18.1 Å². The van der Waals surface area contributed by atoms with Crippen molar-refractivity contribution in [3.8, 4) is 0 Å². The van der Waals surface area contributed by atoms with E-state index in [-0.39, 0.29) is 11.8 Å². The predicted octanol–water partition coefficient (Wildman–Crippen LogP) is 0.334. The number of likely N-dealkylation sites (tertiary alicyclic amines) is 1. The molecule has 2 N–H and O–H groups in total. The highest BCUT2D eigenvalue weighted by Gasteiger charge is 2.32. The van der Waals surface area contributed by atoms with Gasteiger partial charge in [-0.25, -0.2) is 8.42 Å². The summed E-state index contributed by atoms with van der Waals surface area (Å²) in [6, 6.07) is 3.39. The van der Waals surface area contributed by atoms with Crippen molar-refractivity contribution in [2.75, 3.05) is 39.3 Å². The summed E-state index contributed by atoms with van der Waals surface area (Å²) in [6.45, 7) is 5.26. The Balaban J connectivity index is 1.38. The summed E-state index contributed by atoms with van der Waals surface area (Å²) in [4.78, 5) is 13.9. The first kappa shape index (κ1) is 18.8. The highest BCUT2D eigenvalue weighted by Crippen LogP contribution is 2.26. The normalized spacial score (nSPS) is 20.8. The van der Waals surface area contributed by atoms with Gasteiger partial charge >= 0.3 is 0 Å². The Bertz CT molecular complexity index is 647. The summed E-state index contributed by atoms with van der Waals surface area (Å²) in [7, 11) is -3.38. The largest absolute Gasteiger partial charge is 0.356 e. The fourth-order valence-electron chi connectivity index (χ4n) is 3.72. The topological polar surface area (TPSA) is 70.9 Å². The fraction of sp³-hybridized carbons (Fsp3) is 0.706. The molecule has 0 saturated carbocycles. The molecule has 3 rings (SSSR count). The smallest absolute Gasteiger partial charge is 0.252 e. The molecule has 2 fully saturated rings. The molecular weight excluding hydrogens is 358 g/mol. The van der Waals surface area contributed by atoms with Crippen LogP contribution >= 0.6 is 11.3 Å². The monoisotopic (exact) mass is 386 g/mol. The number of hydrogen-bond acceptors (Lipinski definition) is 4. The lowest BCUT2D eigenvalue weighted by molar-refractivity contribution is -0.887. The third-order valence-corrected chi connectivity index (χ3v) is 8.50. The predicted molar refractivity (Wildman–Crippen MR) is 98.2 cm³/mol. The van der Waals surface area contributed by atoms with E-state index in [1.54, 1.807) is 22.4 Å². The van der Waals surface area contributed by atoms with Crippen LogP contribution in [0.1, 0.15) is 32.1 Å². The highest BCUT2D eigenvalue weighted by molar-refractivity contribution is 7.91. The van der Waals surface area contributed by atoms with E-state index in [0.717, 1.165) is 19.5 Å². The molecule has 25 heavy (non-hydrogen) atoms. The Kier molecular flexibility index (Phi) is 6.49. The first-order chi connectivity index (χ1) is 12.1. The van der Waals surface area contributed by atoms with E-state index < -0.39 is 10.0 Å². The summed E-state index contributed by atoms with van der Waals surface area (Å²) in [5.41, 5.74) is 0. The zero-order valence-electron chi connectivity index (χ0n) is 14.6. The van der Waals surface area contributed by atoms with Crippen molar-refractivity contribution in [2.45, 2.75) is 36.3 Å². The lowest BCUT2D eigenvalue weighted by Gasteiger charge is -2.30. The maximum Gasteiger partial charge on any atom is 0.252 e. The third-order valence-electron chi connectivity index (χ3n) is 5.23. The van der Waals surface area contributed by atoms with Crippen molar-refractivity contribution in [3.05, 3.63) is 17.5 Å². The average molecular weight is 387 g/mol. The Morgan fingerprint density at radius 3 is 2.64 bits per heavy atom. The SMILES string of the molecule is O=C(NCCC[NH+]1CCCC1)C1CCN(S(=O)(=O)c2cccs2)CC1. The Morgan fingerprint density at radius 2 is 2.00 bits per heavy atom. The van der Waals surface area contributed by atoms with Crippen molar-refractivity contribution in [3.63, 3.8) is 0 Å². The number of nitrogens with one attached hydrogen (secondary N) is 2. The number of carbonyl (C=O) groups excluding carboxylic acids is 1. The van der Waals surface area contributed by atoms with E-state index in [2.05, 4.69) is 5.32 Å². The van der Waals surface area contributed by atoms with Gasteiger partial charge in [-0.2, -0.15) is 4.31 Å². The van der Waals surface area contributed by atoms with Crippen molar-refractivity contribution in [1.29, 1.82) is 0 Å². The summed E-state index contributed by atoms with van der Waals surface area (Å²) in [5, 5.41) is 4.81. The van der Waals surface area contributed by atoms with Crippen LogP contribution in [-0.4, -0.2) is 57.9 Å². The van der Waals surface area contributed by atoms with Gasteiger partial charge in [0.15, 0.2) is 0 Å². The van der Waals surface area contributed by atoms with Crippen molar-refractivity contribution >= 4 is 27.3 Å². The van der Waals surface area contributed by atoms with Crippen LogP contribution in [0.2, 0.25) is 0 Å². The number of thiophene rings is 1. The lowest BCUT2D eigenvalue weighted by atomic mass is 9.97. The van der Waals surface area contributed by atoms with Gasteiger partial charge in [0, 0.05) is 44.8 Å². The summed E-state index contributed by atoms with van der Waals surface area (Å²) >= 11 is 1.24. The van der Waals surface area contributed by atoms with E-state index in [9.17, 15) is 13.2 Å². The second kappa shape index (κ2) is 8.62. The number of rotatable bonds is 7. The van der Waals surface area contributed by atoms with Crippen LogP contribution in [-0.2, 0) is 14.8 Å². The van der Waals surface area contributed by atoms with Gasteiger partial charge in [0.05, 0.1) is 19.6 Å².